The molecule has 0 spiro atoms. The van der Waals surface area contributed by atoms with Crippen molar-refractivity contribution in [2.45, 2.75) is 91.5 Å². The fourth-order valence-corrected chi connectivity index (χ4v) is 2.54. The van der Waals surface area contributed by atoms with Crippen molar-refractivity contribution in [3.8, 4) is 0 Å². The summed E-state index contributed by atoms with van der Waals surface area (Å²) in [7, 11) is 0. The molecule has 0 fully saturated rings. The van der Waals surface area contributed by atoms with Crippen LogP contribution in [0.15, 0.2) is 0 Å². The normalized spacial score (nSPS) is 12.5. The monoisotopic (exact) mass is 273 g/mol. The Bertz CT molecular complexity index is 209. The second-order valence-corrected chi connectivity index (χ2v) is 5.41. The summed E-state index contributed by atoms with van der Waals surface area (Å²) >= 11 is 0. The molecule has 0 aliphatic heterocycles. The average Bonchev–Trinajstić information content (AvgIpc) is 2.37. The zero-order chi connectivity index (χ0) is 15.3. The van der Waals surface area contributed by atoms with Crippen LogP contribution in [0, 0.1) is 5.92 Å². The van der Waals surface area contributed by atoms with E-state index in [4.69, 9.17) is 15.6 Å². The van der Waals surface area contributed by atoms with E-state index in [2.05, 4.69) is 27.7 Å². The lowest BCUT2D eigenvalue weighted by Crippen LogP contribution is -2.45. The van der Waals surface area contributed by atoms with Gasteiger partial charge in [-0.3, -0.25) is 4.79 Å². The minimum Gasteiger partial charge on any atom is -0.481 e. The zero-order valence-corrected chi connectivity index (χ0v) is 13.7. The number of rotatable bonds is 9. The summed E-state index contributed by atoms with van der Waals surface area (Å²) in [5.41, 5.74) is 6.56. The highest BCUT2D eigenvalue weighted by Gasteiger charge is 2.29. The molecule has 0 saturated carbocycles. The fraction of sp³-hybridized carbons (Fsp3) is 0.938. The van der Waals surface area contributed by atoms with E-state index >= 15 is 0 Å². The van der Waals surface area contributed by atoms with Gasteiger partial charge in [-0.05, 0) is 25.2 Å². The van der Waals surface area contributed by atoms with Crippen LogP contribution in [0.4, 0.5) is 0 Å². The van der Waals surface area contributed by atoms with Crippen molar-refractivity contribution < 1.29 is 9.90 Å². The molecule has 0 aliphatic carbocycles. The Hall–Kier alpha value is -0.570. The average molecular weight is 273 g/mol. The summed E-state index contributed by atoms with van der Waals surface area (Å²) in [6.07, 6.45) is 10.3. The number of carboxylic acids is 1. The van der Waals surface area contributed by atoms with Gasteiger partial charge in [-0.1, -0.05) is 59.8 Å². The Labute approximate surface area is 120 Å². The molecule has 0 aromatic heterocycles. The van der Waals surface area contributed by atoms with Crippen molar-refractivity contribution in [2.75, 3.05) is 0 Å². The zero-order valence-electron chi connectivity index (χ0n) is 13.7. The van der Waals surface area contributed by atoms with Gasteiger partial charge in [-0.2, -0.15) is 0 Å². The molecule has 0 rings (SSSR count). The molecule has 3 nitrogen and oxygen atoms in total. The summed E-state index contributed by atoms with van der Waals surface area (Å²) in [6, 6.07) is 0. The van der Waals surface area contributed by atoms with Crippen LogP contribution in [-0.2, 0) is 4.79 Å². The first kappa shape index (κ1) is 20.7. The molecular weight excluding hydrogens is 238 g/mol. The summed E-state index contributed by atoms with van der Waals surface area (Å²) in [5.74, 6) is -0.107. The first-order valence-electron chi connectivity index (χ1n) is 7.86. The topological polar surface area (TPSA) is 63.3 Å². The Kier molecular flexibility index (Phi) is 13.6. The van der Waals surface area contributed by atoms with E-state index in [1.165, 1.54) is 38.5 Å². The maximum Gasteiger partial charge on any atom is 0.300 e. The van der Waals surface area contributed by atoms with Crippen LogP contribution in [0.2, 0.25) is 0 Å². The van der Waals surface area contributed by atoms with Crippen LogP contribution in [0.1, 0.15) is 86.0 Å². The van der Waals surface area contributed by atoms with Gasteiger partial charge in [-0.15, -0.1) is 0 Å². The molecule has 0 amide bonds. The Morgan fingerprint density at radius 2 is 1.58 bits per heavy atom. The lowest BCUT2D eigenvalue weighted by Gasteiger charge is -2.36. The lowest BCUT2D eigenvalue weighted by atomic mass is 9.76. The van der Waals surface area contributed by atoms with Crippen LogP contribution in [-0.4, -0.2) is 16.6 Å². The highest BCUT2D eigenvalue weighted by atomic mass is 16.4. The van der Waals surface area contributed by atoms with Crippen molar-refractivity contribution in [2.24, 2.45) is 11.7 Å². The molecule has 0 bridgehead atoms. The molecular formula is C16H35NO2. The van der Waals surface area contributed by atoms with E-state index in [-0.39, 0.29) is 5.54 Å². The molecule has 0 heterocycles. The number of unbranched alkanes of at least 4 members (excludes halogenated alkanes) is 3. The SMILES string of the molecule is CC(=O)O.CCCCCCC(CC)C(N)(CC)CC. The van der Waals surface area contributed by atoms with Gasteiger partial charge >= 0.3 is 0 Å². The molecule has 1 atom stereocenters. The smallest absolute Gasteiger partial charge is 0.300 e. The van der Waals surface area contributed by atoms with Crippen molar-refractivity contribution in [3.63, 3.8) is 0 Å². The maximum atomic E-state index is 9.00. The van der Waals surface area contributed by atoms with E-state index in [1.54, 1.807) is 0 Å². The predicted octanol–water partition coefficient (Wildman–Crippen LogP) is 4.59. The maximum absolute atomic E-state index is 9.00. The van der Waals surface area contributed by atoms with Crippen LogP contribution in [0.25, 0.3) is 0 Å². The molecule has 0 radical (unpaired) electrons. The van der Waals surface area contributed by atoms with E-state index in [9.17, 15) is 0 Å². The number of carboxylic acid groups (broad SMARTS) is 1. The van der Waals surface area contributed by atoms with Gasteiger partial charge in [0.2, 0.25) is 0 Å². The Morgan fingerprint density at radius 1 is 1.11 bits per heavy atom. The number of carbonyl (C=O) groups is 1. The molecule has 0 saturated heterocycles. The summed E-state index contributed by atoms with van der Waals surface area (Å²) in [5, 5.41) is 7.42. The molecule has 0 aromatic carbocycles. The largest absolute Gasteiger partial charge is 0.481 e. The van der Waals surface area contributed by atoms with E-state index in [0.29, 0.717) is 0 Å². The van der Waals surface area contributed by atoms with Crippen LogP contribution < -0.4 is 5.73 Å². The highest BCUT2D eigenvalue weighted by Crippen LogP contribution is 2.29. The van der Waals surface area contributed by atoms with Gasteiger partial charge in [0.25, 0.3) is 5.97 Å². The number of hydrogen-bond donors (Lipinski definition) is 2. The summed E-state index contributed by atoms with van der Waals surface area (Å²) < 4.78 is 0. The minimum absolute atomic E-state index is 0.0982. The van der Waals surface area contributed by atoms with Gasteiger partial charge in [0.15, 0.2) is 0 Å². The van der Waals surface area contributed by atoms with Gasteiger partial charge < -0.3 is 10.8 Å². The fourth-order valence-electron chi connectivity index (χ4n) is 2.54. The molecule has 3 N–H and O–H groups in total. The molecule has 0 aromatic rings. The third-order valence-electron chi connectivity index (χ3n) is 4.03. The van der Waals surface area contributed by atoms with Crippen LogP contribution in [0.5, 0.6) is 0 Å². The van der Waals surface area contributed by atoms with E-state index in [1.807, 2.05) is 0 Å². The second-order valence-electron chi connectivity index (χ2n) is 5.41. The summed E-state index contributed by atoms with van der Waals surface area (Å²) in [6.45, 7) is 10.1. The van der Waals surface area contributed by atoms with Crippen molar-refractivity contribution in [1.82, 2.24) is 0 Å². The first-order chi connectivity index (χ1) is 8.87. The third-order valence-corrected chi connectivity index (χ3v) is 4.03. The van der Waals surface area contributed by atoms with Crippen molar-refractivity contribution in [3.05, 3.63) is 0 Å². The van der Waals surface area contributed by atoms with E-state index in [0.717, 1.165) is 25.7 Å². The number of nitrogens with two attached hydrogens (primary N) is 1. The van der Waals surface area contributed by atoms with Crippen molar-refractivity contribution >= 4 is 5.97 Å². The van der Waals surface area contributed by atoms with Gasteiger partial charge in [-0.25, -0.2) is 0 Å². The van der Waals surface area contributed by atoms with Crippen molar-refractivity contribution in [1.29, 1.82) is 0 Å². The first-order valence-corrected chi connectivity index (χ1v) is 7.86. The van der Waals surface area contributed by atoms with Gasteiger partial charge in [0.1, 0.15) is 0 Å². The molecule has 116 valence electrons. The van der Waals surface area contributed by atoms with Gasteiger partial charge in [0, 0.05) is 12.5 Å². The Morgan fingerprint density at radius 3 is 1.89 bits per heavy atom. The summed E-state index contributed by atoms with van der Waals surface area (Å²) in [4.78, 5) is 9.00. The van der Waals surface area contributed by atoms with Gasteiger partial charge in [0.05, 0.1) is 0 Å². The third kappa shape index (κ3) is 11.0. The van der Waals surface area contributed by atoms with Crippen LogP contribution in [0.3, 0.4) is 0 Å². The minimum atomic E-state index is -0.833. The highest BCUT2D eigenvalue weighted by molar-refractivity contribution is 5.62. The molecule has 19 heavy (non-hydrogen) atoms. The molecule has 0 aliphatic rings. The van der Waals surface area contributed by atoms with E-state index < -0.39 is 5.97 Å². The number of hydrogen-bond acceptors (Lipinski definition) is 2. The standard InChI is InChI=1S/C14H31N.C2H4O2/c1-5-9-10-11-12-13(6-2)14(15,7-3)8-4;1-2(3)4/h13H,5-12,15H2,1-4H3;1H3,(H,3,4). The van der Waals surface area contributed by atoms with Crippen LogP contribution >= 0.6 is 0 Å². The predicted molar refractivity (Wildman–Crippen MR) is 83.4 cm³/mol. The molecule has 3 heteroatoms. The number of aliphatic carboxylic acids is 1. The Balaban J connectivity index is 0. The quantitative estimate of drug-likeness (QED) is 0.604. The lowest BCUT2D eigenvalue weighted by molar-refractivity contribution is -0.134. The molecule has 1 unspecified atom stereocenters. The second kappa shape index (κ2) is 12.5.